The molecule has 11 heteroatoms. The number of piperidine rings is 1. The van der Waals surface area contributed by atoms with E-state index in [-0.39, 0.29) is 30.2 Å². The summed E-state index contributed by atoms with van der Waals surface area (Å²) in [4.78, 5) is 51.8. The lowest BCUT2D eigenvalue weighted by molar-refractivity contribution is 0.0696. The van der Waals surface area contributed by atoms with Crippen LogP contribution in [-0.2, 0) is 11.4 Å². The van der Waals surface area contributed by atoms with Gasteiger partial charge in [-0.15, -0.1) is 0 Å². The number of ether oxygens (including phenoxy) is 1. The van der Waals surface area contributed by atoms with E-state index in [0.717, 1.165) is 49.3 Å². The Balaban J connectivity index is 1.21. The summed E-state index contributed by atoms with van der Waals surface area (Å²) in [6.45, 7) is 4.52. The second kappa shape index (κ2) is 12.4. The number of benzene rings is 2. The van der Waals surface area contributed by atoms with Crippen molar-refractivity contribution in [3.63, 3.8) is 0 Å². The molecular formula is C30H33N5O6. The number of nitrogens with one attached hydrogen (secondary N) is 1. The van der Waals surface area contributed by atoms with Crippen LogP contribution in [0.2, 0.25) is 0 Å². The predicted octanol–water partition coefficient (Wildman–Crippen LogP) is 4.59. The van der Waals surface area contributed by atoms with Gasteiger partial charge in [0.2, 0.25) is 5.88 Å². The molecule has 4 amide bonds. The highest BCUT2D eigenvalue weighted by atomic mass is 16.6. The van der Waals surface area contributed by atoms with Gasteiger partial charge in [-0.2, -0.15) is 0 Å². The Morgan fingerprint density at radius 1 is 1.02 bits per heavy atom. The molecule has 0 aliphatic carbocycles. The monoisotopic (exact) mass is 559 g/mol. The van der Waals surface area contributed by atoms with Gasteiger partial charge >= 0.3 is 18.0 Å². The third-order valence-electron chi connectivity index (χ3n) is 7.60. The summed E-state index contributed by atoms with van der Waals surface area (Å²) in [6, 6.07) is 18.7. The number of hydrogen-bond donors (Lipinski definition) is 2. The third kappa shape index (κ3) is 6.31. The van der Waals surface area contributed by atoms with E-state index < -0.39 is 12.0 Å². The van der Waals surface area contributed by atoms with Gasteiger partial charge in [0.25, 0.3) is 0 Å². The van der Waals surface area contributed by atoms with Crippen molar-refractivity contribution in [1.82, 2.24) is 25.2 Å². The standard InChI is InChI=1S/C30H33N5O6/c1-20-23(10-13-27(31-20)41-25-11-8-22(9-12-25)28(36)37)18-33-16-14-24(15-17-33)35-26(21-6-4-3-5-7-21)19-34(30(35)39)29(38)32-40-2/h3-13,24,26H,14-19H2,1-2H3,(H,32,38)(H,36,37)/t26-/m0/s1. The van der Waals surface area contributed by atoms with E-state index in [2.05, 4.69) is 15.4 Å². The number of imide groups is 1. The number of aromatic carboxylic acids is 1. The normalized spacial score (nSPS) is 18.0. The number of rotatable bonds is 8. The fourth-order valence-electron chi connectivity index (χ4n) is 5.45. The summed E-state index contributed by atoms with van der Waals surface area (Å²) in [7, 11) is 1.35. The molecule has 0 saturated carbocycles. The number of carbonyl (C=O) groups is 3. The third-order valence-corrected chi connectivity index (χ3v) is 7.60. The van der Waals surface area contributed by atoms with E-state index in [4.69, 9.17) is 14.7 Å². The molecule has 0 spiro atoms. The van der Waals surface area contributed by atoms with Gasteiger partial charge in [0, 0.05) is 37.4 Å². The molecule has 2 saturated heterocycles. The maximum absolute atomic E-state index is 13.4. The van der Waals surface area contributed by atoms with Crippen LogP contribution >= 0.6 is 0 Å². The molecular weight excluding hydrogens is 526 g/mol. The molecule has 3 heterocycles. The Morgan fingerprint density at radius 2 is 1.73 bits per heavy atom. The van der Waals surface area contributed by atoms with E-state index in [9.17, 15) is 14.4 Å². The van der Waals surface area contributed by atoms with E-state index in [1.807, 2.05) is 54.3 Å². The second-order valence-corrected chi connectivity index (χ2v) is 10.2. The number of aromatic nitrogens is 1. The number of likely N-dealkylation sites (tertiary alicyclic amines) is 1. The minimum absolute atomic E-state index is 0.00631. The molecule has 2 aromatic carbocycles. The van der Waals surface area contributed by atoms with Gasteiger partial charge in [-0.05, 0) is 55.2 Å². The van der Waals surface area contributed by atoms with E-state index in [1.54, 1.807) is 12.1 Å². The fourth-order valence-corrected chi connectivity index (χ4v) is 5.45. The second-order valence-electron chi connectivity index (χ2n) is 10.2. The Labute approximate surface area is 238 Å². The molecule has 2 fully saturated rings. The van der Waals surface area contributed by atoms with Crippen molar-refractivity contribution in [3.05, 3.63) is 89.1 Å². The lowest BCUT2D eigenvalue weighted by atomic mass is 9.98. The molecule has 0 unspecified atom stereocenters. The fraction of sp³-hybridized carbons (Fsp3) is 0.333. The van der Waals surface area contributed by atoms with Gasteiger partial charge in [-0.3, -0.25) is 9.74 Å². The van der Waals surface area contributed by atoms with Gasteiger partial charge in [-0.25, -0.2) is 29.7 Å². The van der Waals surface area contributed by atoms with Crippen LogP contribution in [0.3, 0.4) is 0 Å². The van der Waals surface area contributed by atoms with Crippen LogP contribution in [0.5, 0.6) is 11.6 Å². The maximum Gasteiger partial charge on any atom is 0.349 e. The molecule has 11 nitrogen and oxygen atoms in total. The number of nitrogens with zero attached hydrogens (tertiary/aromatic N) is 4. The zero-order chi connectivity index (χ0) is 28.9. The summed E-state index contributed by atoms with van der Waals surface area (Å²) >= 11 is 0. The quantitative estimate of drug-likeness (QED) is 0.384. The largest absolute Gasteiger partial charge is 0.478 e. The van der Waals surface area contributed by atoms with Crippen molar-refractivity contribution in [1.29, 1.82) is 0 Å². The Bertz CT molecular complexity index is 1390. The Morgan fingerprint density at radius 3 is 2.37 bits per heavy atom. The topological polar surface area (TPSA) is 125 Å². The minimum Gasteiger partial charge on any atom is -0.478 e. The first kappa shape index (κ1) is 28.1. The zero-order valence-electron chi connectivity index (χ0n) is 23.0. The lowest BCUT2D eigenvalue weighted by Gasteiger charge is -2.39. The molecule has 1 atom stereocenters. The summed E-state index contributed by atoms with van der Waals surface area (Å²) in [5.74, 6) is -0.0340. The molecule has 5 rings (SSSR count). The first-order chi connectivity index (χ1) is 19.8. The number of carbonyl (C=O) groups excluding carboxylic acids is 2. The number of carboxylic acid groups (broad SMARTS) is 1. The number of aryl methyl sites for hydroxylation is 1. The van der Waals surface area contributed by atoms with Crippen molar-refractivity contribution in [3.8, 4) is 11.6 Å². The highest BCUT2D eigenvalue weighted by molar-refractivity contribution is 5.95. The van der Waals surface area contributed by atoms with E-state index >= 15 is 0 Å². The van der Waals surface area contributed by atoms with Gasteiger partial charge in [0.1, 0.15) is 5.75 Å². The molecule has 3 aromatic rings. The van der Waals surface area contributed by atoms with Gasteiger partial charge in [-0.1, -0.05) is 36.4 Å². The number of amides is 4. The van der Waals surface area contributed by atoms with Crippen molar-refractivity contribution in [2.75, 3.05) is 26.7 Å². The number of hydrogen-bond acceptors (Lipinski definition) is 7. The zero-order valence-corrected chi connectivity index (χ0v) is 23.0. The van der Waals surface area contributed by atoms with Crippen LogP contribution in [0, 0.1) is 6.92 Å². The number of pyridine rings is 1. The minimum atomic E-state index is -0.988. The predicted molar refractivity (Wildman–Crippen MR) is 149 cm³/mol. The van der Waals surface area contributed by atoms with E-state index in [0.29, 0.717) is 11.6 Å². The first-order valence-electron chi connectivity index (χ1n) is 13.5. The smallest absolute Gasteiger partial charge is 0.349 e. The maximum atomic E-state index is 13.4. The average molecular weight is 560 g/mol. The van der Waals surface area contributed by atoms with Crippen molar-refractivity contribution >= 4 is 18.0 Å². The number of hydroxylamine groups is 1. The van der Waals surface area contributed by atoms with Crippen LogP contribution in [0.15, 0.2) is 66.7 Å². The number of urea groups is 2. The highest BCUT2D eigenvalue weighted by Gasteiger charge is 2.45. The molecule has 0 bridgehead atoms. The van der Waals surface area contributed by atoms with Gasteiger partial charge in [0.15, 0.2) is 0 Å². The van der Waals surface area contributed by atoms with Gasteiger partial charge in [0.05, 0.1) is 25.3 Å². The van der Waals surface area contributed by atoms with Crippen molar-refractivity contribution in [2.45, 2.75) is 38.4 Å². The highest BCUT2D eigenvalue weighted by Crippen LogP contribution is 2.35. The van der Waals surface area contributed by atoms with Crippen molar-refractivity contribution in [2.24, 2.45) is 0 Å². The molecule has 0 radical (unpaired) electrons. The summed E-state index contributed by atoms with van der Waals surface area (Å²) < 4.78 is 5.81. The van der Waals surface area contributed by atoms with Crippen LogP contribution in [0.1, 0.15) is 46.1 Å². The first-order valence-corrected chi connectivity index (χ1v) is 13.5. The molecule has 1 aromatic heterocycles. The lowest BCUT2D eigenvalue weighted by Crippen LogP contribution is -2.48. The molecule has 2 aliphatic heterocycles. The van der Waals surface area contributed by atoms with Crippen LogP contribution < -0.4 is 10.2 Å². The van der Waals surface area contributed by atoms with Crippen molar-refractivity contribution < 1.29 is 29.1 Å². The molecule has 2 aliphatic rings. The van der Waals surface area contributed by atoms with E-state index in [1.165, 1.54) is 24.1 Å². The molecule has 41 heavy (non-hydrogen) atoms. The van der Waals surface area contributed by atoms with Crippen LogP contribution in [0.25, 0.3) is 0 Å². The number of carboxylic acids is 1. The SMILES string of the molecule is CONC(=O)N1C[C@@H](c2ccccc2)N(C2CCN(Cc3ccc(Oc4ccc(C(=O)O)cc4)nc3C)CC2)C1=O. The average Bonchev–Trinajstić information content (AvgIpc) is 3.33. The molecule has 214 valence electrons. The summed E-state index contributed by atoms with van der Waals surface area (Å²) in [5.41, 5.74) is 5.40. The van der Waals surface area contributed by atoms with Crippen LogP contribution in [0.4, 0.5) is 9.59 Å². The molecule has 2 N–H and O–H groups in total. The summed E-state index contributed by atoms with van der Waals surface area (Å²) in [5, 5.41) is 9.06. The Hall–Kier alpha value is -4.48. The van der Waals surface area contributed by atoms with Crippen LogP contribution in [-0.4, -0.2) is 75.6 Å². The Kier molecular flexibility index (Phi) is 8.46. The van der Waals surface area contributed by atoms with Gasteiger partial charge < -0.3 is 14.7 Å². The summed E-state index contributed by atoms with van der Waals surface area (Å²) in [6.07, 6.45) is 1.57.